The van der Waals surface area contributed by atoms with Crippen molar-refractivity contribution in [2.75, 3.05) is 13.7 Å². The van der Waals surface area contributed by atoms with Gasteiger partial charge in [-0.1, -0.05) is 28.1 Å². The maximum absolute atomic E-state index is 11.7. The van der Waals surface area contributed by atoms with Crippen molar-refractivity contribution in [3.8, 4) is 11.5 Å². The zero-order chi connectivity index (χ0) is 16.7. The van der Waals surface area contributed by atoms with E-state index in [4.69, 9.17) is 9.47 Å². The number of nitrogens with one attached hydrogen (secondary N) is 1. The summed E-state index contributed by atoms with van der Waals surface area (Å²) in [4.78, 5) is 11.7. The molecule has 0 aliphatic heterocycles. The van der Waals surface area contributed by atoms with E-state index in [1.807, 2.05) is 36.4 Å². The van der Waals surface area contributed by atoms with Crippen molar-refractivity contribution in [2.45, 2.75) is 0 Å². The van der Waals surface area contributed by atoms with E-state index < -0.39 is 0 Å². The van der Waals surface area contributed by atoms with Crippen molar-refractivity contribution in [1.82, 2.24) is 5.43 Å². The first-order chi connectivity index (χ1) is 11.1. The normalized spacial score (nSPS) is 10.6. The molecule has 0 bridgehead atoms. The highest BCUT2D eigenvalue weighted by Crippen LogP contribution is 2.28. The summed E-state index contributed by atoms with van der Waals surface area (Å²) in [6.07, 6.45) is 1.52. The van der Waals surface area contributed by atoms with Crippen LogP contribution in [0.4, 0.5) is 0 Å². The van der Waals surface area contributed by atoms with Crippen LogP contribution in [-0.2, 0) is 4.79 Å². The molecule has 0 spiro atoms. The molecule has 0 aromatic heterocycles. The minimum atomic E-state index is -0.356. The van der Waals surface area contributed by atoms with Gasteiger partial charge in [-0.15, -0.1) is 0 Å². The molecular weight excluding hydrogens is 428 g/mol. The van der Waals surface area contributed by atoms with E-state index in [2.05, 4.69) is 42.4 Å². The highest BCUT2D eigenvalue weighted by atomic mass is 79.9. The van der Waals surface area contributed by atoms with Gasteiger partial charge in [0.15, 0.2) is 6.61 Å². The van der Waals surface area contributed by atoms with Crippen LogP contribution in [-0.4, -0.2) is 25.8 Å². The van der Waals surface area contributed by atoms with Gasteiger partial charge < -0.3 is 9.47 Å². The van der Waals surface area contributed by atoms with Crippen LogP contribution >= 0.6 is 31.9 Å². The summed E-state index contributed by atoms with van der Waals surface area (Å²) < 4.78 is 12.3. The molecule has 120 valence electrons. The quantitative estimate of drug-likeness (QED) is 0.548. The van der Waals surface area contributed by atoms with Crippen molar-refractivity contribution in [3.05, 3.63) is 57.0 Å². The Kier molecular flexibility index (Phi) is 6.61. The second-order valence-corrected chi connectivity index (χ2v) is 6.17. The van der Waals surface area contributed by atoms with Gasteiger partial charge in [-0.05, 0) is 46.3 Å². The number of halogens is 2. The van der Waals surface area contributed by atoms with E-state index in [9.17, 15) is 4.79 Å². The first-order valence-corrected chi connectivity index (χ1v) is 8.21. The molecule has 2 rings (SSSR count). The Morgan fingerprint density at radius 1 is 1.22 bits per heavy atom. The predicted octanol–water partition coefficient (Wildman–Crippen LogP) is 3.75. The standard InChI is InChI=1S/C16H14Br2N2O3/c1-22-14-5-3-2-4-11(14)9-19-20-16(21)10-23-15-7-6-12(17)8-13(15)18/h2-9H,10H2,1H3,(H,20,21). The highest BCUT2D eigenvalue weighted by molar-refractivity contribution is 9.11. The van der Waals surface area contributed by atoms with E-state index in [1.54, 1.807) is 13.2 Å². The number of nitrogens with zero attached hydrogens (tertiary/aromatic N) is 1. The average molecular weight is 442 g/mol. The number of ether oxygens (including phenoxy) is 2. The van der Waals surface area contributed by atoms with Crippen molar-refractivity contribution < 1.29 is 14.3 Å². The Morgan fingerprint density at radius 2 is 2.00 bits per heavy atom. The molecule has 2 aromatic carbocycles. The monoisotopic (exact) mass is 440 g/mol. The molecule has 0 fully saturated rings. The number of hydrogen-bond acceptors (Lipinski definition) is 4. The fourth-order valence-electron chi connectivity index (χ4n) is 1.71. The van der Waals surface area contributed by atoms with Crippen molar-refractivity contribution in [1.29, 1.82) is 0 Å². The molecule has 23 heavy (non-hydrogen) atoms. The second-order valence-electron chi connectivity index (χ2n) is 4.40. The molecule has 5 nitrogen and oxygen atoms in total. The van der Waals surface area contributed by atoms with Crippen LogP contribution in [0.3, 0.4) is 0 Å². The summed E-state index contributed by atoms with van der Waals surface area (Å²) >= 11 is 6.72. The van der Waals surface area contributed by atoms with Gasteiger partial charge in [-0.2, -0.15) is 5.10 Å². The first kappa shape index (κ1) is 17.5. The third kappa shape index (κ3) is 5.37. The number of amides is 1. The van der Waals surface area contributed by atoms with Gasteiger partial charge in [-0.25, -0.2) is 5.43 Å². The number of carbonyl (C=O) groups is 1. The highest BCUT2D eigenvalue weighted by Gasteiger charge is 2.05. The summed E-state index contributed by atoms with van der Waals surface area (Å²) in [5.41, 5.74) is 3.18. The molecular formula is C16H14Br2N2O3. The lowest BCUT2D eigenvalue weighted by Crippen LogP contribution is -2.24. The van der Waals surface area contributed by atoms with Crippen molar-refractivity contribution >= 4 is 44.0 Å². The van der Waals surface area contributed by atoms with Crippen LogP contribution in [0.15, 0.2) is 56.5 Å². The molecule has 0 atom stereocenters. The first-order valence-electron chi connectivity index (χ1n) is 6.63. The molecule has 2 aromatic rings. The molecule has 7 heteroatoms. The fraction of sp³-hybridized carbons (Fsp3) is 0.125. The SMILES string of the molecule is COc1ccccc1C=NNC(=O)COc1ccc(Br)cc1Br. The average Bonchev–Trinajstić information content (AvgIpc) is 2.54. The number of methoxy groups -OCH3 is 1. The number of benzene rings is 2. The third-order valence-corrected chi connectivity index (χ3v) is 3.90. The van der Waals surface area contributed by atoms with Crippen molar-refractivity contribution in [3.63, 3.8) is 0 Å². The fourth-order valence-corrected chi connectivity index (χ4v) is 2.88. The zero-order valence-corrected chi connectivity index (χ0v) is 15.4. The van der Waals surface area contributed by atoms with Gasteiger partial charge >= 0.3 is 0 Å². The van der Waals surface area contributed by atoms with Crippen LogP contribution in [0.25, 0.3) is 0 Å². The largest absolute Gasteiger partial charge is 0.496 e. The molecule has 0 aliphatic carbocycles. The second kappa shape index (κ2) is 8.69. The molecule has 1 amide bonds. The number of hydrogen-bond donors (Lipinski definition) is 1. The van der Waals surface area contributed by atoms with Crippen LogP contribution in [0, 0.1) is 0 Å². The van der Waals surface area contributed by atoms with Gasteiger partial charge in [0.25, 0.3) is 5.91 Å². The minimum Gasteiger partial charge on any atom is -0.496 e. The third-order valence-electron chi connectivity index (χ3n) is 2.78. The predicted molar refractivity (Wildman–Crippen MR) is 96.1 cm³/mol. The van der Waals surface area contributed by atoms with Crippen LogP contribution < -0.4 is 14.9 Å². The van der Waals surface area contributed by atoms with Crippen LogP contribution in [0.1, 0.15) is 5.56 Å². The van der Waals surface area contributed by atoms with Crippen LogP contribution in [0.5, 0.6) is 11.5 Å². The topological polar surface area (TPSA) is 59.9 Å². The number of rotatable bonds is 6. The van der Waals surface area contributed by atoms with E-state index in [0.29, 0.717) is 11.5 Å². The Hall–Kier alpha value is -1.86. The zero-order valence-electron chi connectivity index (χ0n) is 12.3. The summed E-state index contributed by atoms with van der Waals surface area (Å²) in [7, 11) is 1.58. The molecule has 0 heterocycles. The number of para-hydroxylation sites is 1. The lowest BCUT2D eigenvalue weighted by molar-refractivity contribution is -0.123. The number of hydrazone groups is 1. The van der Waals surface area contributed by atoms with E-state index in [1.165, 1.54) is 6.21 Å². The van der Waals surface area contributed by atoms with Gasteiger partial charge in [0.1, 0.15) is 11.5 Å². The Labute approximate surface area is 150 Å². The summed E-state index contributed by atoms with van der Waals surface area (Å²) in [6, 6.07) is 12.8. The Bertz CT molecular complexity index is 720. The number of carbonyl (C=O) groups excluding carboxylic acids is 1. The maximum Gasteiger partial charge on any atom is 0.277 e. The van der Waals surface area contributed by atoms with Gasteiger partial charge in [0.05, 0.1) is 17.8 Å². The maximum atomic E-state index is 11.7. The summed E-state index contributed by atoms with van der Waals surface area (Å²) in [5, 5.41) is 3.90. The van der Waals surface area contributed by atoms with Gasteiger partial charge in [0, 0.05) is 10.0 Å². The van der Waals surface area contributed by atoms with Crippen LogP contribution in [0.2, 0.25) is 0 Å². The summed E-state index contributed by atoms with van der Waals surface area (Å²) in [6.45, 7) is -0.135. The summed E-state index contributed by atoms with van der Waals surface area (Å²) in [5.74, 6) is 0.906. The van der Waals surface area contributed by atoms with E-state index in [-0.39, 0.29) is 12.5 Å². The van der Waals surface area contributed by atoms with Crippen molar-refractivity contribution in [2.24, 2.45) is 5.10 Å². The Balaban J connectivity index is 1.86. The molecule has 0 saturated carbocycles. The van der Waals surface area contributed by atoms with Gasteiger partial charge in [-0.3, -0.25) is 4.79 Å². The lowest BCUT2D eigenvalue weighted by Gasteiger charge is -2.07. The van der Waals surface area contributed by atoms with E-state index in [0.717, 1.165) is 14.5 Å². The van der Waals surface area contributed by atoms with Gasteiger partial charge in [0.2, 0.25) is 0 Å². The molecule has 0 aliphatic rings. The molecule has 0 radical (unpaired) electrons. The lowest BCUT2D eigenvalue weighted by atomic mass is 10.2. The van der Waals surface area contributed by atoms with E-state index >= 15 is 0 Å². The molecule has 0 unspecified atom stereocenters. The smallest absolute Gasteiger partial charge is 0.277 e. The minimum absolute atomic E-state index is 0.135. The molecule has 0 saturated heterocycles. The Morgan fingerprint density at radius 3 is 2.74 bits per heavy atom. The molecule has 1 N–H and O–H groups in total.